The molecule has 0 fully saturated rings. The zero-order chi connectivity index (χ0) is 35.2. The Bertz CT molecular complexity index is 2720. The van der Waals surface area contributed by atoms with Gasteiger partial charge in [0.15, 0.2) is 17.5 Å². The van der Waals surface area contributed by atoms with Crippen molar-refractivity contribution >= 4 is 10.8 Å². The molecule has 1 aromatic heterocycles. The maximum absolute atomic E-state index is 5.13. The van der Waals surface area contributed by atoms with Crippen LogP contribution in [0, 0.1) is 0 Å². The molecular weight excluding hydrogens is 631 g/mol. The quantitative estimate of drug-likeness (QED) is 0.187. The number of fused-ring (bicyclic) bond motifs is 8. The molecule has 3 heteroatoms. The Morgan fingerprint density at radius 3 is 1.54 bits per heavy atom. The third-order valence-corrected chi connectivity index (χ3v) is 11.5. The second-order valence-corrected chi connectivity index (χ2v) is 15.2. The summed E-state index contributed by atoms with van der Waals surface area (Å²) in [6.07, 6.45) is 0. The van der Waals surface area contributed by atoms with Crippen LogP contribution in [0.1, 0.15) is 49.9 Å². The predicted octanol–water partition coefficient (Wildman–Crippen LogP) is 12.3. The number of aromatic nitrogens is 3. The molecule has 0 unspecified atom stereocenters. The molecule has 1 heterocycles. The minimum absolute atomic E-state index is 0.0701. The van der Waals surface area contributed by atoms with E-state index in [0.29, 0.717) is 17.5 Å². The Morgan fingerprint density at radius 2 is 0.827 bits per heavy atom. The largest absolute Gasteiger partial charge is 0.208 e. The average molecular weight is 668 g/mol. The molecule has 52 heavy (non-hydrogen) atoms. The molecule has 0 radical (unpaired) electrons. The highest BCUT2D eigenvalue weighted by Crippen LogP contribution is 2.52. The molecule has 0 N–H and O–H groups in total. The van der Waals surface area contributed by atoms with E-state index in [4.69, 9.17) is 15.0 Å². The first-order chi connectivity index (χ1) is 25.3. The monoisotopic (exact) mass is 667 g/mol. The first kappa shape index (κ1) is 30.6. The van der Waals surface area contributed by atoms with E-state index in [0.717, 1.165) is 16.7 Å². The van der Waals surface area contributed by atoms with Crippen molar-refractivity contribution in [2.75, 3.05) is 0 Å². The summed E-state index contributed by atoms with van der Waals surface area (Å²) in [5.41, 5.74) is 15.9. The summed E-state index contributed by atoms with van der Waals surface area (Å²) in [6.45, 7) is 9.32. The Kier molecular flexibility index (Phi) is 6.57. The van der Waals surface area contributed by atoms with Gasteiger partial charge in [-0.05, 0) is 72.5 Å². The van der Waals surface area contributed by atoms with E-state index in [1.165, 1.54) is 66.4 Å². The van der Waals surface area contributed by atoms with Gasteiger partial charge in [0, 0.05) is 27.5 Å². The highest BCUT2D eigenvalue weighted by molar-refractivity contribution is 6.04. The maximum atomic E-state index is 5.13. The van der Waals surface area contributed by atoms with E-state index in [2.05, 4.69) is 161 Å². The lowest BCUT2D eigenvalue weighted by molar-refractivity contribution is 0.660. The smallest absolute Gasteiger partial charge is 0.164 e. The fraction of sp³-hybridized carbons (Fsp3) is 0.122. The van der Waals surface area contributed by atoms with Gasteiger partial charge in [-0.2, -0.15) is 0 Å². The predicted molar refractivity (Wildman–Crippen MR) is 214 cm³/mol. The first-order valence-corrected chi connectivity index (χ1v) is 18.1. The van der Waals surface area contributed by atoms with E-state index in [1.807, 2.05) is 18.2 Å². The second kappa shape index (κ2) is 11.2. The van der Waals surface area contributed by atoms with Crippen LogP contribution in [-0.2, 0) is 10.8 Å². The van der Waals surface area contributed by atoms with E-state index in [-0.39, 0.29) is 10.8 Å². The van der Waals surface area contributed by atoms with E-state index >= 15 is 0 Å². The van der Waals surface area contributed by atoms with Crippen molar-refractivity contribution < 1.29 is 0 Å². The van der Waals surface area contributed by atoms with E-state index in [1.54, 1.807) is 0 Å². The van der Waals surface area contributed by atoms with Crippen LogP contribution < -0.4 is 0 Å². The van der Waals surface area contributed by atoms with Gasteiger partial charge in [0.1, 0.15) is 0 Å². The third kappa shape index (κ3) is 4.48. The molecule has 0 aliphatic heterocycles. The van der Waals surface area contributed by atoms with Crippen molar-refractivity contribution in [2.45, 2.75) is 38.5 Å². The number of hydrogen-bond acceptors (Lipinski definition) is 3. The highest BCUT2D eigenvalue weighted by atomic mass is 15.0. The lowest BCUT2D eigenvalue weighted by atomic mass is 9.79. The van der Waals surface area contributed by atoms with Crippen molar-refractivity contribution in [3.63, 3.8) is 0 Å². The average Bonchev–Trinajstić information content (AvgIpc) is 3.57. The van der Waals surface area contributed by atoms with Crippen LogP contribution in [-0.4, -0.2) is 15.0 Å². The Labute approximate surface area is 304 Å². The molecule has 0 atom stereocenters. The van der Waals surface area contributed by atoms with Crippen LogP contribution in [0.2, 0.25) is 0 Å². The summed E-state index contributed by atoms with van der Waals surface area (Å²) in [5.74, 6) is 2.00. The summed E-state index contributed by atoms with van der Waals surface area (Å²) in [6, 6.07) is 54.5. The maximum Gasteiger partial charge on any atom is 0.164 e. The van der Waals surface area contributed by atoms with Gasteiger partial charge in [0.05, 0.1) is 0 Å². The summed E-state index contributed by atoms with van der Waals surface area (Å²) in [5, 5.41) is 2.58. The molecule has 2 aliphatic carbocycles. The second-order valence-electron chi connectivity index (χ2n) is 15.2. The fourth-order valence-corrected chi connectivity index (χ4v) is 8.90. The molecule has 0 bridgehead atoms. The Hall–Kier alpha value is -6.19. The minimum atomic E-state index is -0.114. The minimum Gasteiger partial charge on any atom is -0.208 e. The molecule has 0 saturated heterocycles. The van der Waals surface area contributed by atoms with Gasteiger partial charge in [-0.1, -0.05) is 173 Å². The van der Waals surface area contributed by atoms with Gasteiger partial charge in [0.2, 0.25) is 0 Å². The third-order valence-electron chi connectivity index (χ3n) is 11.5. The molecule has 248 valence electrons. The molecule has 3 nitrogen and oxygen atoms in total. The van der Waals surface area contributed by atoms with Gasteiger partial charge in [-0.25, -0.2) is 15.0 Å². The number of benzene rings is 7. The van der Waals surface area contributed by atoms with Crippen LogP contribution in [0.25, 0.3) is 78.3 Å². The van der Waals surface area contributed by atoms with Crippen molar-refractivity contribution in [1.29, 1.82) is 0 Å². The Balaban J connectivity index is 1.07. The Morgan fingerprint density at radius 1 is 0.327 bits per heavy atom. The molecule has 8 aromatic rings. The molecule has 0 amide bonds. The molecule has 7 aromatic carbocycles. The van der Waals surface area contributed by atoms with E-state index < -0.39 is 0 Å². The zero-order valence-electron chi connectivity index (χ0n) is 29.8. The van der Waals surface area contributed by atoms with Gasteiger partial charge in [0.25, 0.3) is 0 Å². The normalized spacial score (nSPS) is 14.5. The van der Waals surface area contributed by atoms with Gasteiger partial charge < -0.3 is 0 Å². The van der Waals surface area contributed by atoms with Crippen LogP contribution in [0.5, 0.6) is 0 Å². The molecule has 10 rings (SSSR count). The van der Waals surface area contributed by atoms with Crippen LogP contribution in [0.4, 0.5) is 0 Å². The van der Waals surface area contributed by atoms with Crippen molar-refractivity contribution in [1.82, 2.24) is 15.0 Å². The van der Waals surface area contributed by atoms with E-state index in [9.17, 15) is 0 Å². The van der Waals surface area contributed by atoms with Crippen molar-refractivity contribution in [3.05, 3.63) is 174 Å². The van der Waals surface area contributed by atoms with Gasteiger partial charge >= 0.3 is 0 Å². The topological polar surface area (TPSA) is 38.7 Å². The zero-order valence-corrected chi connectivity index (χ0v) is 29.8. The van der Waals surface area contributed by atoms with Crippen LogP contribution in [0.15, 0.2) is 152 Å². The first-order valence-electron chi connectivity index (χ1n) is 18.1. The standard InChI is InChI=1S/C49H37N3/c1-48(2)41-19-10-8-15-36(41)38-26-25-33(29-43(38)48)47-51-45(31-13-6-5-7-14-31)50-46(52-47)32-23-21-30(22-24-32)34-17-12-18-39-35(34)27-28-40-37-16-9-11-20-42(37)49(3,4)44(39)40/h5-29H,1-4H3. The molecular formula is C49H37N3. The lowest BCUT2D eigenvalue weighted by Crippen LogP contribution is -2.15. The molecule has 0 saturated carbocycles. The SMILES string of the molecule is CC1(C)c2ccccc2-c2ccc(-c3nc(-c4ccccc4)nc(-c4ccc(-c5cccc6c7c(ccc56)-c5ccccc5C7(C)C)cc4)n3)cc21. The number of rotatable bonds is 4. The fourth-order valence-electron chi connectivity index (χ4n) is 8.90. The van der Waals surface area contributed by atoms with Crippen molar-refractivity contribution in [2.24, 2.45) is 0 Å². The summed E-state index contributed by atoms with van der Waals surface area (Å²) in [7, 11) is 0. The summed E-state index contributed by atoms with van der Waals surface area (Å²) >= 11 is 0. The number of nitrogens with zero attached hydrogens (tertiary/aromatic N) is 3. The summed E-state index contributed by atoms with van der Waals surface area (Å²) in [4.78, 5) is 15.2. The lowest BCUT2D eigenvalue weighted by Gasteiger charge is -2.23. The summed E-state index contributed by atoms with van der Waals surface area (Å²) < 4.78 is 0. The van der Waals surface area contributed by atoms with Gasteiger partial charge in [-0.3, -0.25) is 0 Å². The molecule has 0 spiro atoms. The van der Waals surface area contributed by atoms with Crippen LogP contribution in [0.3, 0.4) is 0 Å². The number of hydrogen-bond donors (Lipinski definition) is 0. The highest BCUT2D eigenvalue weighted by Gasteiger charge is 2.37. The van der Waals surface area contributed by atoms with Crippen LogP contribution >= 0.6 is 0 Å². The van der Waals surface area contributed by atoms with Gasteiger partial charge in [-0.15, -0.1) is 0 Å². The van der Waals surface area contributed by atoms with Crippen molar-refractivity contribution in [3.8, 4) is 67.5 Å². The molecule has 2 aliphatic rings.